The number of alkyl halides is 1. The molecule has 2 heterocycles. The molecule has 69 heavy (non-hydrogen) atoms. The summed E-state index contributed by atoms with van der Waals surface area (Å²) in [4.78, 5) is 33.8. The van der Waals surface area contributed by atoms with Gasteiger partial charge in [0.1, 0.15) is 23.2 Å². The molecule has 2 aliphatic rings. The van der Waals surface area contributed by atoms with Gasteiger partial charge in [0.05, 0.1) is 44.6 Å². The van der Waals surface area contributed by atoms with E-state index in [4.69, 9.17) is 55.9 Å². The summed E-state index contributed by atoms with van der Waals surface area (Å²) in [5.74, 6) is 1.02. The van der Waals surface area contributed by atoms with E-state index in [1.807, 2.05) is 109 Å². The van der Waals surface area contributed by atoms with Gasteiger partial charge >= 0.3 is 51.4 Å². The Bertz CT molecular complexity index is 2730. The fraction of sp³-hybridized carbons (Fsp3) is 0.226. The van der Waals surface area contributed by atoms with Crippen LogP contribution in [0.3, 0.4) is 0 Å². The molecule has 0 saturated carbocycles. The SMILES string of the molecule is BrCc1ccccc1Br.CC(C)(C)[O-].COc1ccc(CN2C(=O)C(Cc3ccccc3Br)C=C(Cl)c3cc(Cl)ccc32)cc1.COc1ccc(CN2C(=O)CN=C(Cl)c3cc(Cl)ccc32)cc1.[K+]. The molecule has 6 aromatic carbocycles. The second-order valence-corrected chi connectivity index (χ2v) is 20.2. The first-order valence-electron chi connectivity index (χ1n) is 21.2. The molecule has 0 aromatic heterocycles. The van der Waals surface area contributed by atoms with Crippen molar-refractivity contribution in [2.75, 3.05) is 30.6 Å². The predicted octanol–water partition coefficient (Wildman–Crippen LogP) is 11.5. The predicted molar refractivity (Wildman–Crippen MR) is 290 cm³/mol. The van der Waals surface area contributed by atoms with Gasteiger partial charge in [-0.05, 0) is 101 Å². The minimum absolute atomic E-state index is 0. The van der Waals surface area contributed by atoms with E-state index in [0.717, 1.165) is 49.2 Å². The Morgan fingerprint density at radius 1 is 0.667 bits per heavy atom. The van der Waals surface area contributed by atoms with Crippen molar-refractivity contribution in [2.24, 2.45) is 10.9 Å². The molecule has 356 valence electrons. The molecule has 1 unspecified atom stereocenters. The molecular weight excluding hydrogens is 1180 g/mol. The van der Waals surface area contributed by atoms with Gasteiger partial charge in [-0.25, -0.2) is 0 Å². The zero-order chi connectivity index (χ0) is 49.5. The first-order valence-corrected chi connectivity index (χ1v) is 25.4. The van der Waals surface area contributed by atoms with E-state index in [-0.39, 0.29) is 69.7 Å². The molecule has 16 heteroatoms. The molecule has 2 amide bonds. The summed E-state index contributed by atoms with van der Waals surface area (Å²) in [6, 6.07) is 42.1. The maximum absolute atomic E-state index is 13.7. The summed E-state index contributed by atoms with van der Waals surface area (Å²) < 4.78 is 12.5. The Hall–Kier alpha value is -2.53. The summed E-state index contributed by atoms with van der Waals surface area (Å²) in [7, 11) is 3.25. The molecule has 0 radical (unpaired) electrons. The smallest absolute Gasteiger partial charge is 0.850 e. The third-order valence-corrected chi connectivity index (χ3v) is 13.3. The molecule has 8 rings (SSSR count). The number of anilines is 2. The second kappa shape index (κ2) is 28.6. The minimum atomic E-state index is -0.750. The van der Waals surface area contributed by atoms with E-state index in [2.05, 4.69) is 58.8 Å². The number of rotatable bonds is 9. The molecule has 6 aromatic rings. The van der Waals surface area contributed by atoms with Crippen molar-refractivity contribution in [1.29, 1.82) is 0 Å². The van der Waals surface area contributed by atoms with Gasteiger partial charge in [-0.15, -0.1) is 5.60 Å². The van der Waals surface area contributed by atoms with Crippen LogP contribution >= 0.6 is 94.2 Å². The Kier molecular flexibility index (Phi) is 24.5. The Balaban J connectivity index is 0.000000238. The summed E-state index contributed by atoms with van der Waals surface area (Å²) >= 11 is 35.6. The zero-order valence-electron chi connectivity index (χ0n) is 38.9. The molecular formula is C53H49Br3Cl4KN3O5. The number of carbonyl (C=O) groups is 2. The van der Waals surface area contributed by atoms with Gasteiger partial charge in [0, 0.05) is 40.5 Å². The summed E-state index contributed by atoms with van der Waals surface area (Å²) in [6.45, 7) is 5.76. The topological polar surface area (TPSA) is 94.5 Å². The quantitative estimate of drug-likeness (QED) is 0.106. The van der Waals surface area contributed by atoms with Crippen LogP contribution in [0.25, 0.3) is 5.03 Å². The zero-order valence-corrected chi connectivity index (χ0v) is 49.8. The number of aliphatic imine (C=N–C) groups is 1. The number of amides is 2. The number of carbonyl (C=O) groups excluding carboxylic acids is 2. The fourth-order valence-corrected chi connectivity index (χ4v) is 9.36. The second-order valence-electron chi connectivity index (χ2n) is 16.3. The third kappa shape index (κ3) is 18.2. The number of benzene rings is 6. The van der Waals surface area contributed by atoms with Gasteiger partial charge in [-0.2, -0.15) is 0 Å². The number of ether oxygens (including phenoxy) is 2. The normalized spacial score (nSPS) is 14.0. The monoisotopic (exact) mass is 1220 g/mol. The molecule has 0 aliphatic carbocycles. The maximum Gasteiger partial charge on any atom is 1.00 e. The van der Waals surface area contributed by atoms with Crippen LogP contribution in [0.1, 0.15) is 54.2 Å². The van der Waals surface area contributed by atoms with Crippen LogP contribution in [0, 0.1) is 5.92 Å². The van der Waals surface area contributed by atoms with Crippen LogP contribution in [0.15, 0.2) is 153 Å². The van der Waals surface area contributed by atoms with Crippen LogP contribution in [0.5, 0.6) is 11.5 Å². The Morgan fingerprint density at radius 2 is 1.12 bits per heavy atom. The maximum atomic E-state index is 13.7. The average Bonchev–Trinajstić information content (AvgIpc) is 3.49. The Morgan fingerprint density at radius 3 is 1.58 bits per heavy atom. The minimum Gasteiger partial charge on any atom is -0.850 e. The number of hydrogen-bond acceptors (Lipinski definition) is 6. The number of hydrogen-bond donors (Lipinski definition) is 0. The van der Waals surface area contributed by atoms with Crippen molar-refractivity contribution in [2.45, 2.75) is 51.2 Å². The summed E-state index contributed by atoms with van der Waals surface area (Å²) in [5, 5.41) is 13.0. The molecule has 2 aliphatic heterocycles. The van der Waals surface area contributed by atoms with Gasteiger partial charge in [0.2, 0.25) is 11.8 Å². The molecule has 0 spiro atoms. The van der Waals surface area contributed by atoms with Crippen molar-refractivity contribution >= 4 is 128 Å². The van der Waals surface area contributed by atoms with E-state index in [1.54, 1.807) is 69.1 Å². The molecule has 1 atom stereocenters. The van der Waals surface area contributed by atoms with Crippen molar-refractivity contribution < 1.29 is 75.6 Å². The number of fused-ring (bicyclic) bond motifs is 2. The Labute approximate surface area is 493 Å². The first kappa shape index (κ1) is 59.0. The molecule has 0 fully saturated rings. The molecule has 0 N–H and O–H groups in total. The van der Waals surface area contributed by atoms with Crippen molar-refractivity contribution in [3.63, 3.8) is 0 Å². The summed E-state index contributed by atoms with van der Waals surface area (Å²) in [5.41, 5.74) is 6.45. The number of methoxy groups -OCH3 is 2. The number of nitrogens with zero attached hydrogens (tertiary/aromatic N) is 3. The van der Waals surface area contributed by atoms with E-state index in [9.17, 15) is 14.7 Å². The molecule has 0 saturated heterocycles. The first-order chi connectivity index (χ1) is 32.4. The molecule has 0 bridgehead atoms. The van der Waals surface area contributed by atoms with Crippen LogP contribution in [0.4, 0.5) is 11.4 Å². The number of benzodiazepines with no additional fused rings is 1. The van der Waals surface area contributed by atoms with E-state index < -0.39 is 11.5 Å². The van der Waals surface area contributed by atoms with Crippen LogP contribution in [0.2, 0.25) is 10.0 Å². The van der Waals surface area contributed by atoms with Crippen LogP contribution < -0.4 is 75.8 Å². The van der Waals surface area contributed by atoms with Gasteiger partial charge in [-0.3, -0.25) is 14.6 Å². The van der Waals surface area contributed by atoms with Gasteiger partial charge in [0.15, 0.2) is 0 Å². The van der Waals surface area contributed by atoms with Crippen LogP contribution in [-0.2, 0) is 34.4 Å². The summed E-state index contributed by atoms with van der Waals surface area (Å²) in [6.07, 6.45) is 2.38. The van der Waals surface area contributed by atoms with Crippen molar-refractivity contribution in [3.8, 4) is 11.5 Å². The van der Waals surface area contributed by atoms with Crippen LogP contribution in [-0.4, -0.2) is 43.4 Å². The third-order valence-electron chi connectivity index (χ3n) is 10.1. The average molecular weight is 1230 g/mol. The van der Waals surface area contributed by atoms with Gasteiger partial charge in [0.25, 0.3) is 0 Å². The van der Waals surface area contributed by atoms with Crippen molar-refractivity contribution in [1.82, 2.24) is 0 Å². The van der Waals surface area contributed by atoms with E-state index in [1.165, 1.54) is 10.0 Å². The standard InChI is InChI=1S/C25H20BrCl2NO2.C17H14Cl2N2O2.C7H6Br2.C4H9O.K/c1-31-20-9-6-16(7-10-20)15-29-24-11-8-19(27)14-21(24)23(28)13-18(25(29)30)12-17-4-2-3-5-22(17)26;1-23-13-5-2-11(3-6-13)10-21-15-7-4-12(18)8-14(15)17(19)20-9-16(21)22;8-5-6-3-1-2-4-7(6)9;1-4(2,3)5;/h2-11,13-14,18H,12,15H2,1H3;2-8H,9-10H2,1H3;1-4H,5H2;1-3H3;/q;;;-1;+1. The fourth-order valence-electron chi connectivity index (χ4n) is 6.76. The van der Waals surface area contributed by atoms with Gasteiger partial charge in [-0.1, -0.05) is 182 Å². The van der Waals surface area contributed by atoms with E-state index in [0.29, 0.717) is 51.0 Å². The molecule has 8 nitrogen and oxygen atoms in total. The largest absolute Gasteiger partial charge is 1.00 e. The van der Waals surface area contributed by atoms with E-state index >= 15 is 0 Å². The van der Waals surface area contributed by atoms with Gasteiger partial charge < -0.3 is 24.4 Å². The number of halogens is 7. The van der Waals surface area contributed by atoms with Crippen molar-refractivity contribution in [3.05, 3.63) is 192 Å².